The fraction of sp³-hybridized carbons (Fsp3) is 0.526. The summed E-state index contributed by atoms with van der Waals surface area (Å²) in [6, 6.07) is 9.07. The van der Waals surface area contributed by atoms with Crippen molar-refractivity contribution in [1.29, 1.82) is 0 Å². The Morgan fingerprint density at radius 3 is 3.08 bits per heavy atom. The molecule has 0 radical (unpaired) electrons. The van der Waals surface area contributed by atoms with Gasteiger partial charge in [-0.05, 0) is 40.5 Å². The lowest BCUT2D eigenvalue weighted by molar-refractivity contribution is -0.151. The van der Waals surface area contributed by atoms with E-state index in [-0.39, 0.29) is 36.9 Å². The number of nitrogens with one attached hydrogen (secondary N) is 1. The molecule has 5 heteroatoms. The van der Waals surface area contributed by atoms with Gasteiger partial charge in [0.05, 0.1) is 19.2 Å². The molecule has 2 fully saturated rings. The SMILES string of the molecule is O=C(OCCCF)C1C2CCC(CC1c1cccc(/C=C\I)c1)N2. The molecule has 0 amide bonds. The Hall–Kier alpha value is -0.950. The summed E-state index contributed by atoms with van der Waals surface area (Å²) in [6.07, 6.45) is 5.42. The third kappa shape index (κ3) is 3.99. The van der Waals surface area contributed by atoms with E-state index in [0.717, 1.165) is 24.8 Å². The van der Waals surface area contributed by atoms with Gasteiger partial charge >= 0.3 is 5.97 Å². The molecule has 1 aromatic carbocycles. The van der Waals surface area contributed by atoms with Gasteiger partial charge in [0.1, 0.15) is 0 Å². The summed E-state index contributed by atoms with van der Waals surface area (Å²) >= 11 is 2.21. The maximum Gasteiger partial charge on any atom is 0.311 e. The zero-order chi connectivity index (χ0) is 16.9. The zero-order valence-corrected chi connectivity index (χ0v) is 15.7. The number of esters is 1. The molecular weight excluding hydrogens is 420 g/mol. The highest BCUT2D eigenvalue weighted by atomic mass is 127. The standard InChI is InChI=1S/C19H23FINO2/c20-8-2-10-24-19(23)18-16(12-15-5-6-17(18)22-15)14-4-1-3-13(11-14)7-9-21/h1,3-4,7,9,11,15-18,22H,2,5-6,8,10,12H2/b9-7-. The number of rotatable bonds is 6. The highest BCUT2D eigenvalue weighted by Crippen LogP contribution is 2.42. The molecule has 0 aromatic heterocycles. The van der Waals surface area contributed by atoms with E-state index >= 15 is 0 Å². The van der Waals surface area contributed by atoms with E-state index in [0.29, 0.717) is 6.04 Å². The second-order valence-electron chi connectivity index (χ2n) is 6.59. The van der Waals surface area contributed by atoms with Gasteiger partial charge in [0, 0.05) is 24.4 Å². The zero-order valence-electron chi connectivity index (χ0n) is 13.6. The smallest absolute Gasteiger partial charge is 0.311 e. The molecule has 0 spiro atoms. The second kappa shape index (κ2) is 8.43. The van der Waals surface area contributed by atoms with E-state index in [2.05, 4.69) is 58.2 Å². The number of carbonyl (C=O) groups is 1. The van der Waals surface area contributed by atoms with Gasteiger partial charge in [-0.3, -0.25) is 9.18 Å². The van der Waals surface area contributed by atoms with Gasteiger partial charge in [0.15, 0.2) is 0 Å². The number of piperidine rings is 1. The van der Waals surface area contributed by atoms with Crippen LogP contribution < -0.4 is 5.32 Å². The molecular formula is C19H23FINO2. The first kappa shape index (κ1) is 17.9. The molecule has 0 aliphatic carbocycles. The Kier molecular flexibility index (Phi) is 6.27. The number of alkyl halides is 1. The fourth-order valence-electron chi connectivity index (χ4n) is 4.01. The summed E-state index contributed by atoms with van der Waals surface area (Å²) in [7, 11) is 0. The van der Waals surface area contributed by atoms with Crippen molar-refractivity contribution < 1.29 is 13.9 Å². The summed E-state index contributed by atoms with van der Waals surface area (Å²) in [6.45, 7) is -0.276. The van der Waals surface area contributed by atoms with Crippen LogP contribution in [0.25, 0.3) is 6.08 Å². The van der Waals surface area contributed by atoms with Crippen LogP contribution in [0.3, 0.4) is 0 Å². The molecule has 0 saturated carbocycles. The van der Waals surface area contributed by atoms with E-state index < -0.39 is 6.67 Å². The molecule has 4 atom stereocenters. The highest BCUT2D eigenvalue weighted by Gasteiger charge is 2.46. The van der Waals surface area contributed by atoms with E-state index in [9.17, 15) is 9.18 Å². The summed E-state index contributed by atoms with van der Waals surface area (Å²) in [5.74, 6) is -0.187. The molecule has 4 unspecified atom stereocenters. The van der Waals surface area contributed by atoms with Gasteiger partial charge in [-0.2, -0.15) is 0 Å². The largest absolute Gasteiger partial charge is 0.465 e. The van der Waals surface area contributed by atoms with E-state index in [4.69, 9.17) is 4.74 Å². The molecule has 2 aliphatic rings. The van der Waals surface area contributed by atoms with Gasteiger partial charge in [-0.1, -0.05) is 46.9 Å². The molecule has 24 heavy (non-hydrogen) atoms. The fourth-order valence-corrected chi connectivity index (χ4v) is 4.43. The molecule has 2 bridgehead atoms. The predicted octanol–water partition coefficient (Wildman–Crippen LogP) is 4.22. The summed E-state index contributed by atoms with van der Waals surface area (Å²) in [4.78, 5) is 12.7. The Labute approximate surface area is 156 Å². The average Bonchev–Trinajstić information content (AvgIpc) is 2.96. The normalized spacial score (nSPS) is 29.1. The van der Waals surface area contributed by atoms with Crippen molar-refractivity contribution in [1.82, 2.24) is 5.32 Å². The van der Waals surface area contributed by atoms with Crippen LogP contribution in [0, 0.1) is 5.92 Å². The lowest BCUT2D eigenvalue weighted by Gasteiger charge is -2.36. The summed E-state index contributed by atoms with van der Waals surface area (Å²) < 4.78 is 19.6. The topological polar surface area (TPSA) is 38.3 Å². The summed E-state index contributed by atoms with van der Waals surface area (Å²) in [5, 5.41) is 3.56. The number of hydrogen-bond donors (Lipinski definition) is 1. The number of carbonyl (C=O) groups excluding carboxylic acids is 1. The lowest BCUT2D eigenvalue weighted by atomic mass is 9.76. The Morgan fingerprint density at radius 2 is 2.29 bits per heavy atom. The number of halogens is 2. The van der Waals surface area contributed by atoms with Crippen molar-refractivity contribution in [3.05, 3.63) is 39.5 Å². The van der Waals surface area contributed by atoms with Crippen molar-refractivity contribution in [2.45, 2.75) is 43.7 Å². The molecule has 2 saturated heterocycles. The van der Waals surface area contributed by atoms with Crippen LogP contribution in [0.2, 0.25) is 0 Å². The molecule has 1 N–H and O–H groups in total. The van der Waals surface area contributed by atoms with Gasteiger partial charge in [0.2, 0.25) is 0 Å². The monoisotopic (exact) mass is 443 g/mol. The van der Waals surface area contributed by atoms with Crippen LogP contribution >= 0.6 is 22.6 Å². The van der Waals surface area contributed by atoms with Crippen molar-refractivity contribution >= 4 is 34.6 Å². The number of ether oxygens (including phenoxy) is 1. The average molecular weight is 443 g/mol. The quantitative estimate of drug-likeness (QED) is 0.407. The van der Waals surface area contributed by atoms with Crippen molar-refractivity contribution in [3.8, 4) is 0 Å². The number of fused-ring (bicyclic) bond motifs is 2. The van der Waals surface area contributed by atoms with Gasteiger partial charge in [0.25, 0.3) is 0 Å². The minimum atomic E-state index is -0.449. The summed E-state index contributed by atoms with van der Waals surface area (Å²) in [5.41, 5.74) is 2.35. The molecule has 1 aromatic rings. The lowest BCUT2D eigenvalue weighted by Crippen LogP contribution is -2.48. The van der Waals surface area contributed by atoms with Crippen LogP contribution in [0.1, 0.15) is 42.7 Å². The third-order valence-electron chi connectivity index (χ3n) is 5.07. The first-order valence-electron chi connectivity index (χ1n) is 8.58. The number of benzene rings is 1. The van der Waals surface area contributed by atoms with Gasteiger partial charge < -0.3 is 10.1 Å². The Morgan fingerprint density at radius 1 is 1.42 bits per heavy atom. The van der Waals surface area contributed by atoms with Crippen LogP contribution in [0.4, 0.5) is 4.39 Å². The first-order valence-corrected chi connectivity index (χ1v) is 9.83. The van der Waals surface area contributed by atoms with Gasteiger partial charge in [-0.15, -0.1) is 0 Å². The van der Waals surface area contributed by atoms with Crippen molar-refractivity contribution in [2.24, 2.45) is 5.92 Å². The molecule has 3 rings (SSSR count). The first-order chi connectivity index (χ1) is 11.7. The molecule has 2 aliphatic heterocycles. The van der Waals surface area contributed by atoms with Crippen LogP contribution in [-0.4, -0.2) is 31.3 Å². The van der Waals surface area contributed by atoms with E-state index in [1.165, 1.54) is 5.56 Å². The second-order valence-corrected chi connectivity index (χ2v) is 7.31. The molecule has 130 valence electrons. The minimum absolute atomic E-state index is 0.171. The Balaban J connectivity index is 1.83. The van der Waals surface area contributed by atoms with Crippen molar-refractivity contribution in [3.63, 3.8) is 0 Å². The highest BCUT2D eigenvalue weighted by molar-refractivity contribution is 14.1. The maximum absolute atomic E-state index is 12.7. The Bertz CT molecular complexity index is 607. The molecule has 3 nitrogen and oxygen atoms in total. The predicted molar refractivity (Wildman–Crippen MR) is 102 cm³/mol. The minimum Gasteiger partial charge on any atom is -0.465 e. The molecule has 2 heterocycles. The van der Waals surface area contributed by atoms with Crippen LogP contribution in [0.5, 0.6) is 0 Å². The number of hydrogen-bond acceptors (Lipinski definition) is 3. The van der Waals surface area contributed by atoms with E-state index in [1.807, 2.05) is 4.08 Å². The van der Waals surface area contributed by atoms with Crippen LogP contribution in [0.15, 0.2) is 28.3 Å². The third-order valence-corrected chi connectivity index (χ3v) is 5.43. The maximum atomic E-state index is 12.7. The van der Waals surface area contributed by atoms with Crippen LogP contribution in [-0.2, 0) is 9.53 Å². The van der Waals surface area contributed by atoms with E-state index in [1.54, 1.807) is 0 Å². The van der Waals surface area contributed by atoms with Crippen molar-refractivity contribution in [2.75, 3.05) is 13.3 Å². The van der Waals surface area contributed by atoms with Gasteiger partial charge in [-0.25, -0.2) is 0 Å².